The number of aliphatic hydroxyl groups is 1. The van der Waals surface area contributed by atoms with Crippen LogP contribution < -0.4 is 15.4 Å². The van der Waals surface area contributed by atoms with Crippen molar-refractivity contribution in [2.75, 3.05) is 30.4 Å². The molecular formula is C30H37N3O5S. The summed E-state index contributed by atoms with van der Waals surface area (Å²) in [7, 11) is 0. The molecule has 8 nitrogen and oxygen atoms in total. The number of rotatable bonds is 9. The Labute approximate surface area is 233 Å². The third-order valence-electron chi connectivity index (χ3n) is 8.52. The lowest BCUT2D eigenvalue weighted by Crippen LogP contribution is -2.55. The van der Waals surface area contributed by atoms with Gasteiger partial charge in [0, 0.05) is 29.8 Å². The van der Waals surface area contributed by atoms with Crippen molar-refractivity contribution < 1.29 is 24.2 Å². The number of likely N-dealkylation sites (tertiary alicyclic amines) is 1. The minimum absolute atomic E-state index is 0.0489. The maximum absolute atomic E-state index is 14.1. The molecule has 9 heteroatoms. The molecule has 6 atom stereocenters. The number of hydrogen-bond acceptors (Lipinski definition) is 6. The molecular weight excluding hydrogens is 514 g/mol. The molecule has 2 aromatic rings. The van der Waals surface area contributed by atoms with E-state index < -0.39 is 22.6 Å². The van der Waals surface area contributed by atoms with Crippen LogP contribution in [-0.4, -0.2) is 63.5 Å². The van der Waals surface area contributed by atoms with E-state index in [0.29, 0.717) is 18.7 Å². The molecule has 3 aliphatic heterocycles. The zero-order valence-corrected chi connectivity index (χ0v) is 23.7. The summed E-state index contributed by atoms with van der Waals surface area (Å²) in [6, 6.07) is 12.3. The Morgan fingerprint density at radius 1 is 1.10 bits per heavy atom. The van der Waals surface area contributed by atoms with Crippen LogP contribution in [0, 0.1) is 31.6 Å². The first-order chi connectivity index (χ1) is 18.7. The van der Waals surface area contributed by atoms with Crippen LogP contribution in [-0.2, 0) is 14.4 Å². The molecule has 3 amide bonds. The largest absolute Gasteiger partial charge is 0.494 e. The van der Waals surface area contributed by atoms with Gasteiger partial charge in [-0.05, 0) is 74.9 Å². The number of nitrogens with zero attached hydrogens (tertiary/aromatic N) is 1. The molecule has 5 rings (SSSR count). The number of fused-ring (bicyclic) bond motifs is 1. The molecule has 2 bridgehead atoms. The summed E-state index contributed by atoms with van der Waals surface area (Å²) < 4.78 is 4.79. The molecule has 0 aliphatic carbocycles. The maximum Gasteiger partial charge on any atom is 0.248 e. The van der Waals surface area contributed by atoms with E-state index in [1.165, 1.54) is 0 Å². The normalized spacial score (nSPS) is 28.9. The zero-order chi connectivity index (χ0) is 27.9. The number of nitrogens with one attached hydrogen (secondary N) is 2. The number of thioether (sulfide) groups is 1. The summed E-state index contributed by atoms with van der Waals surface area (Å²) in [4.78, 5) is 43.5. The number of carbonyl (C=O) groups is 3. The summed E-state index contributed by atoms with van der Waals surface area (Å²) in [6.07, 6.45) is 1.13. The lowest BCUT2D eigenvalue weighted by atomic mass is 9.66. The highest BCUT2D eigenvalue weighted by Crippen LogP contribution is 2.68. The molecule has 0 aromatic heterocycles. The fourth-order valence-electron chi connectivity index (χ4n) is 6.83. The van der Waals surface area contributed by atoms with Crippen LogP contribution in [0.4, 0.5) is 11.4 Å². The molecule has 208 valence electrons. The predicted molar refractivity (Wildman–Crippen MR) is 153 cm³/mol. The van der Waals surface area contributed by atoms with Gasteiger partial charge in [-0.3, -0.25) is 14.4 Å². The van der Waals surface area contributed by atoms with Gasteiger partial charge in [0.2, 0.25) is 17.7 Å². The van der Waals surface area contributed by atoms with Crippen molar-refractivity contribution in [2.45, 2.75) is 56.6 Å². The molecule has 3 N–H and O–H groups in total. The third-order valence-corrected chi connectivity index (χ3v) is 10.6. The predicted octanol–water partition coefficient (Wildman–Crippen LogP) is 4.00. The monoisotopic (exact) mass is 551 g/mol. The van der Waals surface area contributed by atoms with Crippen molar-refractivity contribution >= 4 is 40.9 Å². The van der Waals surface area contributed by atoms with E-state index in [9.17, 15) is 19.5 Å². The van der Waals surface area contributed by atoms with Crippen molar-refractivity contribution in [2.24, 2.45) is 17.8 Å². The summed E-state index contributed by atoms with van der Waals surface area (Å²) >= 11 is 1.64. The number of aryl methyl sites for hydroxylation is 2. The Balaban J connectivity index is 1.46. The summed E-state index contributed by atoms with van der Waals surface area (Å²) in [5, 5.41) is 15.7. The van der Waals surface area contributed by atoms with Crippen LogP contribution in [0.5, 0.6) is 5.75 Å². The van der Waals surface area contributed by atoms with Gasteiger partial charge in [-0.2, -0.15) is 0 Å². The molecule has 3 heterocycles. The quantitative estimate of drug-likeness (QED) is 0.435. The zero-order valence-electron chi connectivity index (χ0n) is 22.9. The molecule has 0 radical (unpaired) electrons. The van der Waals surface area contributed by atoms with Crippen LogP contribution in [0.3, 0.4) is 0 Å². The van der Waals surface area contributed by atoms with Crippen LogP contribution in [0.25, 0.3) is 0 Å². The number of hydrogen-bond donors (Lipinski definition) is 3. The van der Waals surface area contributed by atoms with Crippen molar-refractivity contribution in [1.29, 1.82) is 0 Å². The summed E-state index contributed by atoms with van der Waals surface area (Å²) in [5.74, 6) is -0.939. The van der Waals surface area contributed by atoms with Gasteiger partial charge in [-0.15, -0.1) is 11.8 Å². The second-order valence-corrected chi connectivity index (χ2v) is 12.4. The van der Waals surface area contributed by atoms with Gasteiger partial charge in [0.05, 0.1) is 23.2 Å². The first-order valence-electron chi connectivity index (χ1n) is 13.7. The van der Waals surface area contributed by atoms with Gasteiger partial charge in [-0.25, -0.2) is 0 Å². The van der Waals surface area contributed by atoms with Crippen LogP contribution in [0.1, 0.15) is 37.8 Å². The Hall–Kier alpha value is -3.04. The highest BCUT2D eigenvalue weighted by atomic mass is 32.2. The standard InChI is InChI=1S/C30H37N3O5S/c1-5-38-21-12-10-20(11-13-21)31-27(35)23-22-16-19(4)30(39-22)24(23)29(37)33(14-7-15-34)26(30)28(36)32-25-17(2)8-6-9-18(25)3/h6,8-13,19,22-24,26,34H,5,7,14-16H2,1-4H3,(H,31,35)(H,32,36)/t19?,22-,23+,24-,26?,30?/m0/s1. The summed E-state index contributed by atoms with van der Waals surface area (Å²) in [6.45, 7) is 8.66. The Morgan fingerprint density at radius 3 is 2.44 bits per heavy atom. The van der Waals surface area contributed by atoms with Gasteiger partial charge in [-0.1, -0.05) is 25.1 Å². The van der Waals surface area contributed by atoms with E-state index in [1.807, 2.05) is 51.1 Å². The molecule has 1 spiro atoms. The van der Waals surface area contributed by atoms with Crippen molar-refractivity contribution in [3.63, 3.8) is 0 Å². The second kappa shape index (κ2) is 10.8. The van der Waals surface area contributed by atoms with E-state index in [1.54, 1.807) is 28.8 Å². The van der Waals surface area contributed by atoms with E-state index in [2.05, 4.69) is 17.6 Å². The Bertz CT molecular complexity index is 1250. The number of benzene rings is 2. The molecule has 0 saturated carbocycles. The molecule has 3 saturated heterocycles. The van der Waals surface area contributed by atoms with E-state index >= 15 is 0 Å². The molecule has 2 aromatic carbocycles. The lowest BCUT2D eigenvalue weighted by Gasteiger charge is -2.38. The average Bonchev–Trinajstić information content (AvgIpc) is 3.50. The highest BCUT2D eigenvalue weighted by Gasteiger charge is 2.75. The maximum atomic E-state index is 14.1. The highest BCUT2D eigenvalue weighted by molar-refractivity contribution is 8.02. The fourth-order valence-corrected chi connectivity index (χ4v) is 9.25. The van der Waals surface area contributed by atoms with Gasteiger partial charge < -0.3 is 25.4 Å². The smallest absolute Gasteiger partial charge is 0.248 e. The summed E-state index contributed by atoms with van der Waals surface area (Å²) in [5.41, 5.74) is 3.30. The van der Waals surface area contributed by atoms with Gasteiger partial charge in [0.1, 0.15) is 11.8 Å². The van der Waals surface area contributed by atoms with Gasteiger partial charge in [0.15, 0.2) is 0 Å². The van der Waals surface area contributed by atoms with Crippen LogP contribution >= 0.6 is 11.8 Å². The lowest BCUT2D eigenvalue weighted by molar-refractivity contribution is -0.138. The molecule has 39 heavy (non-hydrogen) atoms. The molecule has 3 fully saturated rings. The number of para-hydroxylation sites is 1. The molecule has 3 aliphatic rings. The fraction of sp³-hybridized carbons (Fsp3) is 0.500. The number of aliphatic hydroxyl groups excluding tert-OH is 1. The Morgan fingerprint density at radius 2 is 1.79 bits per heavy atom. The number of anilines is 2. The minimum atomic E-state index is -0.728. The first-order valence-corrected chi connectivity index (χ1v) is 14.6. The SMILES string of the molecule is CCOc1ccc(NC(=O)[C@@H]2[C@@H]3CC(C)C4(S3)C(C(=O)Nc3c(C)cccc3C)N(CCCO)C(=O)[C@H]24)cc1. The number of ether oxygens (including phenoxy) is 1. The van der Waals surface area contributed by atoms with Crippen molar-refractivity contribution in [3.05, 3.63) is 53.6 Å². The average molecular weight is 552 g/mol. The Kier molecular flexibility index (Phi) is 7.66. The van der Waals surface area contributed by atoms with E-state index in [4.69, 9.17) is 4.74 Å². The van der Waals surface area contributed by atoms with Gasteiger partial charge in [0.25, 0.3) is 0 Å². The van der Waals surface area contributed by atoms with Crippen LogP contribution in [0.15, 0.2) is 42.5 Å². The van der Waals surface area contributed by atoms with E-state index in [0.717, 1.165) is 29.0 Å². The van der Waals surface area contributed by atoms with Crippen molar-refractivity contribution in [3.8, 4) is 5.75 Å². The third kappa shape index (κ3) is 4.59. The van der Waals surface area contributed by atoms with Crippen LogP contribution in [0.2, 0.25) is 0 Å². The number of carbonyl (C=O) groups excluding carboxylic acids is 3. The number of amides is 3. The first kappa shape index (κ1) is 27.5. The van der Waals surface area contributed by atoms with Gasteiger partial charge >= 0.3 is 0 Å². The second-order valence-electron chi connectivity index (χ2n) is 10.9. The van der Waals surface area contributed by atoms with E-state index in [-0.39, 0.29) is 42.0 Å². The topological polar surface area (TPSA) is 108 Å². The minimum Gasteiger partial charge on any atom is -0.494 e. The van der Waals surface area contributed by atoms with Crippen molar-refractivity contribution in [1.82, 2.24) is 4.90 Å². The molecule has 3 unspecified atom stereocenters.